The van der Waals surface area contributed by atoms with Crippen molar-refractivity contribution in [3.05, 3.63) is 51.6 Å². The van der Waals surface area contributed by atoms with Crippen LogP contribution in [0.25, 0.3) is 0 Å². The molecule has 0 bridgehead atoms. The summed E-state index contributed by atoms with van der Waals surface area (Å²) in [5, 5.41) is 0. The summed E-state index contributed by atoms with van der Waals surface area (Å²) in [6, 6.07) is 2.24. The average molecular weight is 376 g/mol. The van der Waals surface area contributed by atoms with Crippen molar-refractivity contribution in [3.63, 3.8) is 0 Å². The molecule has 1 aromatic carbocycles. The molecule has 19 heavy (non-hydrogen) atoms. The Labute approximate surface area is 150 Å². The van der Waals surface area contributed by atoms with E-state index in [0.717, 1.165) is 6.42 Å². The maximum absolute atomic E-state index is 3.12. The minimum absolute atomic E-state index is 0. The first-order chi connectivity index (χ1) is 7.43. The molecule has 0 fully saturated rings. The number of aryl methyl sites for hydroxylation is 2. The van der Waals surface area contributed by atoms with Crippen LogP contribution in [0, 0.1) is 33.8 Å². The van der Waals surface area contributed by atoms with Crippen LogP contribution in [-0.2, 0) is 26.2 Å². The summed E-state index contributed by atoms with van der Waals surface area (Å²) in [5.74, 6) is 0. The van der Waals surface area contributed by atoms with E-state index >= 15 is 0 Å². The van der Waals surface area contributed by atoms with Crippen LogP contribution in [-0.4, -0.2) is 0 Å². The maximum atomic E-state index is 3.12. The minimum atomic E-state index is 0. The number of rotatable bonds is 0. The van der Waals surface area contributed by atoms with Gasteiger partial charge in [-0.3, -0.25) is 6.08 Å². The SMILES string of the molecule is CC1=C(C)CC=[C-]1.Cc1[cH-]c(C)c(C)c1C.[Cl-].[Cl-].[Zr+4]. The predicted octanol–water partition coefficient (Wildman–Crippen LogP) is -1.27. The van der Waals surface area contributed by atoms with E-state index in [1.807, 2.05) is 0 Å². The summed E-state index contributed by atoms with van der Waals surface area (Å²) in [5.41, 5.74) is 8.52. The molecule has 0 atom stereocenters. The molecule has 0 saturated carbocycles. The average Bonchev–Trinajstić information content (AvgIpc) is 2.70. The molecular formula is C16H22Cl2Zr. The van der Waals surface area contributed by atoms with E-state index in [4.69, 9.17) is 0 Å². The van der Waals surface area contributed by atoms with E-state index in [2.05, 4.69) is 59.8 Å². The zero-order valence-electron chi connectivity index (χ0n) is 12.6. The Kier molecular flexibility index (Phi) is 14.1. The summed E-state index contributed by atoms with van der Waals surface area (Å²) < 4.78 is 0. The Morgan fingerprint density at radius 3 is 1.42 bits per heavy atom. The topological polar surface area (TPSA) is 0 Å². The Bertz CT molecular complexity index is 417. The fourth-order valence-electron chi connectivity index (χ4n) is 1.77. The first-order valence-electron chi connectivity index (χ1n) is 5.88. The molecule has 0 unspecified atom stereocenters. The molecule has 0 radical (unpaired) electrons. The summed E-state index contributed by atoms with van der Waals surface area (Å²) in [7, 11) is 0. The van der Waals surface area contributed by atoms with Gasteiger partial charge in [-0.2, -0.15) is 34.4 Å². The van der Waals surface area contributed by atoms with Gasteiger partial charge in [0, 0.05) is 0 Å². The molecule has 0 heterocycles. The molecule has 1 aromatic rings. The second-order valence-corrected chi connectivity index (χ2v) is 4.72. The predicted molar refractivity (Wildman–Crippen MR) is 71.8 cm³/mol. The van der Waals surface area contributed by atoms with Crippen molar-refractivity contribution in [3.8, 4) is 0 Å². The zero-order valence-corrected chi connectivity index (χ0v) is 16.6. The fourth-order valence-corrected chi connectivity index (χ4v) is 1.77. The van der Waals surface area contributed by atoms with Gasteiger partial charge in [0.2, 0.25) is 0 Å². The van der Waals surface area contributed by atoms with E-state index in [1.54, 1.807) is 0 Å². The van der Waals surface area contributed by atoms with E-state index in [0.29, 0.717) is 0 Å². The van der Waals surface area contributed by atoms with E-state index in [1.165, 1.54) is 33.4 Å². The normalized spacial score (nSPS) is 11.9. The van der Waals surface area contributed by atoms with Gasteiger partial charge in [0.1, 0.15) is 0 Å². The van der Waals surface area contributed by atoms with Crippen molar-refractivity contribution >= 4 is 0 Å². The number of hydrogen-bond donors (Lipinski definition) is 0. The Balaban J connectivity index is -0.000000237. The third-order valence-electron chi connectivity index (χ3n) is 3.55. The molecule has 2 rings (SSSR count). The van der Waals surface area contributed by atoms with Crippen molar-refractivity contribution in [2.45, 2.75) is 48.0 Å². The van der Waals surface area contributed by atoms with Crippen molar-refractivity contribution in [1.82, 2.24) is 0 Å². The van der Waals surface area contributed by atoms with E-state index < -0.39 is 0 Å². The van der Waals surface area contributed by atoms with Crippen molar-refractivity contribution in [1.29, 1.82) is 0 Å². The Hall–Kier alpha value is 0.293. The molecule has 3 heteroatoms. The van der Waals surface area contributed by atoms with Crippen molar-refractivity contribution in [2.24, 2.45) is 0 Å². The largest absolute Gasteiger partial charge is 4.00 e. The van der Waals surface area contributed by atoms with Gasteiger partial charge in [0.15, 0.2) is 0 Å². The van der Waals surface area contributed by atoms with Gasteiger partial charge in [-0.1, -0.05) is 41.0 Å². The van der Waals surface area contributed by atoms with Gasteiger partial charge in [0.25, 0.3) is 0 Å². The van der Waals surface area contributed by atoms with Crippen molar-refractivity contribution < 1.29 is 51.0 Å². The molecule has 1 aliphatic rings. The van der Waals surface area contributed by atoms with Crippen molar-refractivity contribution in [2.75, 3.05) is 0 Å². The molecule has 0 spiro atoms. The Morgan fingerprint density at radius 1 is 0.895 bits per heavy atom. The molecule has 0 nitrogen and oxygen atoms in total. The first kappa shape index (κ1) is 24.3. The van der Waals surface area contributed by atoms with Crippen LogP contribution < -0.4 is 24.8 Å². The van der Waals surface area contributed by atoms with Gasteiger partial charge < -0.3 is 24.8 Å². The van der Waals surface area contributed by atoms with E-state index in [-0.39, 0.29) is 51.0 Å². The maximum Gasteiger partial charge on any atom is 4.00 e. The monoisotopic (exact) mass is 374 g/mol. The third-order valence-corrected chi connectivity index (χ3v) is 3.55. The van der Waals surface area contributed by atoms with Gasteiger partial charge in [-0.15, -0.1) is 6.92 Å². The van der Waals surface area contributed by atoms with Crippen LogP contribution in [0.1, 0.15) is 42.5 Å². The van der Waals surface area contributed by atoms with Gasteiger partial charge in [0.05, 0.1) is 0 Å². The van der Waals surface area contributed by atoms with Crippen LogP contribution >= 0.6 is 0 Å². The minimum Gasteiger partial charge on any atom is -1.00 e. The third kappa shape index (κ3) is 7.02. The summed E-state index contributed by atoms with van der Waals surface area (Å²) >= 11 is 0. The summed E-state index contributed by atoms with van der Waals surface area (Å²) in [6.07, 6.45) is 6.31. The molecule has 1 aliphatic carbocycles. The molecule has 0 aliphatic heterocycles. The van der Waals surface area contributed by atoms with Gasteiger partial charge in [-0.05, 0) is 0 Å². The van der Waals surface area contributed by atoms with Crippen LogP contribution in [0.3, 0.4) is 0 Å². The molecule has 0 saturated heterocycles. The molecule has 0 N–H and O–H groups in total. The van der Waals surface area contributed by atoms with E-state index in [9.17, 15) is 0 Å². The molecular weight excluding hydrogens is 354 g/mol. The van der Waals surface area contributed by atoms with Crippen LogP contribution in [0.15, 0.2) is 23.3 Å². The molecule has 0 aromatic heterocycles. The summed E-state index contributed by atoms with van der Waals surface area (Å²) in [6.45, 7) is 12.9. The Morgan fingerprint density at radius 2 is 1.32 bits per heavy atom. The first-order valence-corrected chi connectivity index (χ1v) is 5.88. The van der Waals surface area contributed by atoms with Crippen LogP contribution in [0.5, 0.6) is 0 Å². The summed E-state index contributed by atoms with van der Waals surface area (Å²) in [4.78, 5) is 0. The number of allylic oxidation sites excluding steroid dienone is 4. The second kappa shape index (κ2) is 11.0. The quantitative estimate of drug-likeness (QED) is 0.496. The van der Waals surface area contributed by atoms with Gasteiger partial charge in [-0.25, -0.2) is 11.1 Å². The van der Waals surface area contributed by atoms with Crippen LogP contribution in [0.2, 0.25) is 0 Å². The number of halogens is 2. The second-order valence-electron chi connectivity index (χ2n) is 4.72. The molecule has 104 valence electrons. The van der Waals surface area contributed by atoms with Gasteiger partial charge >= 0.3 is 26.2 Å². The standard InChI is InChI=1S/C9H13.C7H9.2ClH.Zr/c1-6-5-7(2)9(4)8(6)3;1-6-4-3-5-7(6)2;;;/h5H,1-4H3;3H,4H2,1-2H3;2*1H;/q2*-1;;;+4/p-2. The number of hydrogen-bond acceptors (Lipinski definition) is 0. The fraction of sp³-hybridized carbons (Fsp3) is 0.438. The molecule has 0 amide bonds. The zero-order chi connectivity index (χ0) is 12.3. The smallest absolute Gasteiger partial charge is 1.00 e. The van der Waals surface area contributed by atoms with Crippen LogP contribution in [0.4, 0.5) is 0 Å².